The average Bonchev–Trinajstić information content (AvgIpc) is 1.89. The molecule has 1 nitrogen and oxygen atoms in total. The lowest BCUT2D eigenvalue weighted by Gasteiger charge is -1.88. The topological polar surface area (TPSA) is 12.4 Å². The Hall–Kier alpha value is 0.0200. The number of hydrogen-bond acceptors (Lipinski definition) is 2. The molecule has 0 unspecified atom stereocenters. The molecule has 0 saturated heterocycles. The van der Waals surface area contributed by atoms with Crippen molar-refractivity contribution in [3.05, 3.63) is 0 Å². The van der Waals surface area contributed by atoms with Crippen molar-refractivity contribution >= 4 is 17.3 Å². The van der Waals surface area contributed by atoms with Crippen LogP contribution in [0.1, 0.15) is 26.7 Å². The predicted molar refractivity (Wildman–Crippen MR) is 45.3 cm³/mol. The second-order valence-corrected chi connectivity index (χ2v) is 2.65. The third kappa shape index (κ3) is 8.02. The number of hydrogen-bond donors (Lipinski definition) is 0. The van der Waals surface area contributed by atoms with Gasteiger partial charge in [-0.1, -0.05) is 13.3 Å². The number of aliphatic imine (C=N–C) groups is 1. The Kier molecular flexibility index (Phi) is 8.04. The van der Waals surface area contributed by atoms with Crippen LogP contribution in [0, 0.1) is 0 Å². The highest BCUT2D eigenvalue weighted by molar-refractivity contribution is 8.12. The lowest BCUT2D eigenvalue weighted by atomic mass is 10.4. The molecule has 0 bridgehead atoms. The first kappa shape index (κ1) is 9.02. The van der Waals surface area contributed by atoms with Crippen LogP contribution in [-0.4, -0.2) is 17.8 Å². The SMILES string of the molecule is CCCCS[C]=NCC. The third-order valence-electron chi connectivity index (χ3n) is 0.887. The molecule has 1 radical (unpaired) electrons. The molecule has 0 heterocycles. The molecule has 53 valence electrons. The van der Waals surface area contributed by atoms with E-state index in [0.29, 0.717) is 0 Å². The van der Waals surface area contributed by atoms with Gasteiger partial charge in [-0.15, -0.1) is 11.8 Å². The van der Waals surface area contributed by atoms with Gasteiger partial charge < -0.3 is 0 Å². The summed E-state index contributed by atoms with van der Waals surface area (Å²) in [6, 6.07) is 0. The third-order valence-corrected chi connectivity index (χ3v) is 1.64. The molecule has 0 aromatic rings. The fourth-order valence-corrected chi connectivity index (χ4v) is 1.12. The lowest BCUT2D eigenvalue weighted by Crippen LogP contribution is -1.76. The molecular formula is C7H14NS. The summed E-state index contributed by atoms with van der Waals surface area (Å²) in [7, 11) is 0. The van der Waals surface area contributed by atoms with Crippen LogP contribution in [0.4, 0.5) is 0 Å². The second kappa shape index (κ2) is 8.02. The van der Waals surface area contributed by atoms with E-state index in [-0.39, 0.29) is 0 Å². The van der Waals surface area contributed by atoms with Crippen molar-refractivity contribution < 1.29 is 0 Å². The van der Waals surface area contributed by atoms with Crippen LogP contribution in [0.2, 0.25) is 0 Å². The number of thioether (sulfide) groups is 1. The van der Waals surface area contributed by atoms with Gasteiger partial charge in [0, 0.05) is 6.54 Å². The first-order valence-corrected chi connectivity index (χ1v) is 4.43. The molecule has 0 aliphatic heterocycles. The van der Waals surface area contributed by atoms with Crippen molar-refractivity contribution in [3.8, 4) is 0 Å². The number of nitrogens with zero attached hydrogens (tertiary/aromatic N) is 1. The Bertz CT molecular complexity index is 71.3. The molecule has 0 aromatic carbocycles. The molecule has 0 atom stereocenters. The van der Waals surface area contributed by atoms with E-state index in [0.717, 1.165) is 6.54 Å². The average molecular weight is 144 g/mol. The smallest absolute Gasteiger partial charge is 0.122 e. The Morgan fingerprint density at radius 2 is 2.22 bits per heavy atom. The van der Waals surface area contributed by atoms with Gasteiger partial charge in [0.25, 0.3) is 0 Å². The quantitative estimate of drug-likeness (QED) is 0.328. The van der Waals surface area contributed by atoms with Gasteiger partial charge in [0.2, 0.25) is 0 Å². The molecule has 0 amide bonds. The largest absolute Gasteiger partial charge is 0.276 e. The summed E-state index contributed by atoms with van der Waals surface area (Å²) in [5, 5.41) is 0. The minimum atomic E-state index is 0.860. The van der Waals surface area contributed by atoms with Crippen LogP contribution >= 0.6 is 11.8 Å². The molecule has 0 spiro atoms. The summed E-state index contributed by atoms with van der Waals surface area (Å²) in [5.74, 6) is 1.17. The van der Waals surface area contributed by atoms with Gasteiger partial charge >= 0.3 is 0 Å². The summed E-state index contributed by atoms with van der Waals surface area (Å²) in [6.07, 6.45) is 2.54. The van der Waals surface area contributed by atoms with Gasteiger partial charge in [0.15, 0.2) is 0 Å². The minimum absolute atomic E-state index is 0.860. The Morgan fingerprint density at radius 1 is 1.44 bits per heavy atom. The Morgan fingerprint density at radius 3 is 2.78 bits per heavy atom. The fourth-order valence-electron chi connectivity index (χ4n) is 0.372. The standard InChI is InChI=1S/C7H14NS/c1-3-5-6-9-7-8-4-2/h3-6H2,1-2H3. The Balaban J connectivity index is 2.82. The highest BCUT2D eigenvalue weighted by atomic mass is 32.2. The molecule has 0 saturated carbocycles. The van der Waals surface area contributed by atoms with Crippen LogP contribution in [-0.2, 0) is 0 Å². The Labute approximate surface area is 61.9 Å². The van der Waals surface area contributed by atoms with E-state index in [9.17, 15) is 0 Å². The summed E-state index contributed by atoms with van der Waals surface area (Å²) in [6.45, 7) is 5.07. The van der Waals surface area contributed by atoms with Crippen LogP contribution < -0.4 is 0 Å². The first-order chi connectivity index (χ1) is 4.41. The van der Waals surface area contributed by atoms with Gasteiger partial charge in [-0.2, -0.15) is 0 Å². The zero-order chi connectivity index (χ0) is 6.95. The fraction of sp³-hybridized carbons (Fsp3) is 0.857. The van der Waals surface area contributed by atoms with Crippen molar-refractivity contribution in [1.29, 1.82) is 0 Å². The van der Waals surface area contributed by atoms with Crippen molar-refractivity contribution in [2.45, 2.75) is 26.7 Å². The van der Waals surface area contributed by atoms with E-state index in [1.54, 1.807) is 11.8 Å². The monoisotopic (exact) mass is 144 g/mol. The molecular weight excluding hydrogens is 130 g/mol. The van der Waals surface area contributed by atoms with Crippen LogP contribution in [0.25, 0.3) is 0 Å². The van der Waals surface area contributed by atoms with Gasteiger partial charge in [-0.25, -0.2) is 0 Å². The zero-order valence-corrected chi connectivity index (χ0v) is 7.00. The summed E-state index contributed by atoms with van der Waals surface area (Å²) < 4.78 is 0. The second-order valence-electron chi connectivity index (χ2n) is 1.77. The van der Waals surface area contributed by atoms with Crippen molar-refractivity contribution in [2.24, 2.45) is 4.99 Å². The minimum Gasteiger partial charge on any atom is -0.276 e. The predicted octanol–water partition coefficient (Wildman–Crippen LogP) is 2.44. The summed E-state index contributed by atoms with van der Waals surface area (Å²) >= 11 is 1.69. The molecule has 0 fully saturated rings. The van der Waals surface area contributed by atoms with Gasteiger partial charge in [0.05, 0.1) is 0 Å². The zero-order valence-electron chi connectivity index (χ0n) is 6.18. The van der Waals surface area contributed by atoms with E-state index in [2.05, 4.69) is 17.5 Å². The normalized spacial score (nSPS) is 10.9. The van der Waals surface area contributed by atoms with E-state index in [1.807, 2.05) is 6.92 Å². The van der Waals surface area contributed by atoms with Gasteiger partial charge in [-0.05, 0) is 19.1 Å². The molecule has 0 aliphatic carbocycles. The van der Waals surface area contributed by atoms with Crippen molar-refractivity contribution in [1.82, 2.24) is 0 Å². The molecule has 0 aliphatic rings. The van der Waals surface area contributed by atoms with Crippen LogP contribution in [0.5, 0.6) is 0 Å². The number of rotatable bonds is 5. The number of unbranched alkanes of at least 4 members (excludes halogenated alkanes) is 1. The molecule has 2 heteroatoms. The van der Waals surface area contributed by atoms with E-state index in [1.165, 1.54) is 18.6 Å². The maximum absolute atomic E-state index is 3.96. The molecule has 0 rings (SSSR count). The molecule has 0 N–H and O–H groups in total. The lowest BCUT2D eigenvalue weighted by molar-refractivity contribution is 0.898. The van der Waals surface area contributed by atoms with Crippen molar-refractivity contribution in [2.75, 3.05) is 12.3 Å². The maximum Gasteiger partial charge on any atom is 0.122 e. The summed E-state index contributed by atoms with van der Waals surface area (Å²) in [5.41, 5.74) is 2.91. The first-order valence-electron chi connectivity index (χ1n) is 3.45. The highest BCUT2D eigenvalue weighted by Gasteiger charge is 1.81. The van der Waals surface area contributed by atoms with Crippen LogP contribution in [0.3, 0.4) is 0 Å². The van der Waals surface area contributed by atoms with Gasteiger partial charge in [0.1, 0.15) is 5.55 Å². The van der Waals surface area contributed by atoms with Crippen molar-refractivity contribution in [3.63, 3.8) is 0 Å². The van der Waals surface area contributed by atoms with E-state index < -0.39 is 0 Å². The molecule has 9 heavy (non-hydrogen) atoms. The molecule has 0 aromatic heterocycles. The van der Waals surface area contributed by atoms with Gasteiger partial charge in [-0.3, -0.25) is 4.99 Å². The highest BCUT2D eigenvalue weighted by Crippen LogP contribution is 1.99. The van der Waals surface area contributed by atoms with Crippen LogP contribution in [0.15, 0.2) is 4.99 Å². The summed E-state index contributed by atoms with van der Waals surface area (Å²) in [4.78, 5) is 3.96. The van der Waals surface area contributed by atoms with E-state index in [4.69, 9.17) is 0 Å². The van der Waals surface area contributed by atoms with E-state index >= 15 is 0 Å². The maximum atomic E-state index is 3.96.